The summed E-state index contributed by atoms with van der Waals surface area (Å²) < 4.78 is 33.8. The van der Waals surface area contributed by atoms with Crippen molar-refractivity contribution in [3.63, 3.8) is 0 Å². The Morgan fingerprint density at radius 3 is 2.45 bits per heavy atom. The van der Waals surface area contributed by atoms with Crippen LogP contribution in [-0.4, -0.2) is 61.0 Å². The van der Waals surface area contributed by atoms with Gasteiger partial charge in [0.15, 0.2) is 0 Å². The fourth-order valence-electron chi connectivity index (χ4n) is 3.34. The lowest BCUT2D eigenvalue weighted by molar-refractivity contribution is -0.143. The van der Waals surface area contributed by atoms with Crippen LogP contribution in [-0.2, 0) is 21.4 Å². The molecule has 0 bridgehead atoms. The van der Waals surface area contributed by atoms with Gasteiger partial charge in [-0.05, 0) is 48.9 Å². The van der Waals surface area contributed by atoms with E-state index in [1.54, 1.807) is 19.1 Å². The number of halogens is 1. The molecule has 0 aliphatic carbocycles. The molecule has 0 saturated carbocycles. The van der Waals surface area contributed by atoms with Gasteiger partial charge in [-0.25, -0.2) is 8.42 Å². The highest BCUT2D eigenvalue weighted by molar-refractivity contribution is 9.10. The third-order valence-corrected chi connectivity index (χ3v) is 7.39. The predicted molar refractivity (Wildman–Crippen MR) is 120 cm³/mol. The molecule has 1 fully saturated rings. The smallest absolute Gasteiger partial charge is 0.323 e. The van der Waals surface area contributed by atoms with Crippen LogP contribution in [0.15, 0.2) is 57.9 Å². The maximum atomic E-state index is 13.2. The third kappa shape index (κ3) is 5.86. The highest BCUT2D eigenvalue weighted by atomic mass is 79.9. The number of aliphatic carboxylic acids is 1. The fourth-order valence-corrected chi connectivity index (χ4v) is 5.17. The number of rotatable bonds is 7. The van der Waals surface area contributed by atoms with Gasteiger partial charge in [-0.2, -0.15) is 4.31 Å². The molecule has 2 aromatic rings. The highest BCUT2D eigenvalue weighted by Crippen LogP contribution is 2.25. The number of hydrogen-bond donors (Lipinski definition) is 1. The van der Waals surface area contributed by atoms with Crippen LogP contribution in [0.3, 0.4) is 0 Å². The van der Waals surface area contributed by atoms with Crippen molar-refractivity contribution >= 4 is 31.9 Å². The number of sulfonamides is 1. The molecule has 0 spiro atoms. The summed E-state index contributed by atoms with van der Waals surface area (Å²) in [7, 11) is -3.96. The van der Waals surface area contributed by atoms with Crippen LogP contribution in [0.5, 0.6) is 5.75 Å². The quantitative estimate of drug-likeness (QED) is 0.581. The molecule has 1 atom stereocenters. The average molecular weight is 507 g/mol. The van der Waals surface area contributed by atoms with Gasteiger partial charge < -0.3 is 9.84 Å². The van der Waals surface area contributed by atoms with E-state index in [9.17, 15) is 18.3 Å². The minimum Gasteiger partial charge on any atom is -0.481 e. The SMILES string of the molecule is CC#CCOc1ccc(S(=O)(=O)N2CCN(Cc3ccc(Br)cc3)CC2C(=O)O)cc1. The zero-order chi connectivity index (χ0) is 22.4. The molecule has 0 aromatic heterocycles. The van der Waals surface area contributed by atoms with Crippen molar-refractivity contribution in [2.75, 3.05) is 26.2 Å². The number of ether oxygens (including phenoxy) is 1. The van der Waals surface area contributed by atoms with Crippen LogP contribution in [0.25, 0.3) is 0 Å². The van der Waals surface area contributed by atoms with Crippen molar-refractivity contribution in [1.82, 2.24) is 9.21 Å². The molecule has 31 heavy (non-hydrogen) atoms. The van der Waals surface area contributed by atoms with Gasteiger partial charge in [0.2, 0.25) is 10.0 Å². The van der Waals surface area contributed by atoms with Crippen LogP contribution in [0.4, 0.5) is 0 Å². The number of nitrogens with zero attached hydrogens (tertiary/aromatic N) is 2. The van der Waals surface area contributed by atoms with Gasteiger partial charge in [0.05, 0.1) is 4.90 Å². The Balaban J connectivity index is 1.73. The molecule has 1 aliphatic rings. The van der Waals surface area contributed by atoms with E-state index in [4.69, 9.17) is 4.74 Å². The summed E-state index contributed by atoms with van der Waals surface area (Å²) in [5.41, 5.74) is 1.03. The normalized spacial score (nSPS) is 17.5. The van der Waals surface area contributed by atoms with Crippen LogP contribution in [0.2, 0.25) is 0 Å². The zero-order valence-electron chi connectivity index (χ0n) is 17.0. The van der Waals surface area contributed by atoms with Gasteiger partial charge in [-0.1, -0.05) is 34.0 Å². The molecule has 2 aromatic carbocycles. The summed E-state index contributed by atoms with van der Waals surface area (Å²) >= 11 is 3.39. The molecule has 1 saturated heterocycles. The van der Waals surface area contributed by atoms with Crippen molar-refractivity contribution < 1.29 is 23.1 Å². The second-order valence-electron chi connectivity index (χ2n) is 7.02. The lowest BCUT2D eigenvalue weighted by Crippen LogP contribution is -2.57. The Morgan fingerprint density at radius 1 is 1.16 bits per heavy atom. The van der Waals surface area contributed by atoms with Gasteiger partial charge in [0.1, 0.15) is 18.4 Å². The number of carboxylic acids is 1. The molecule has 164 valence electrons. The maximum absolute atomic E-state index is 13.2. The van der Waals surface area contributed by atoms with E-state index < -0.39 is 22.0 Å². The zero-order valence-corrected chi connectivity index (χ0v) is 19.4. The summed E-state index contributed by atoms with van der Waals surface area (Å²) in [6, 6.07) is 12.5. The Kier molecular flexibility index (Phi) is 7.73. The molecule has 1 heterocycles. The molecule has 0 amide bonds. The molecule has 9 heteroatoms. The Bertz CT molecular complexity index is 1080. The first kappa shape index (κ1) is 23.3. The number of piperazine rings is 1. The largest absolute Gasteiger partial charge is 0.481 e. The van der Waals surface area contributed by atoms with E-state index in [1.165, 1.54) is 12.1 Å². The van der Waals surface area contributed by atoms with Crippen LogP contribution < -0.4 is 4.74 Å². The van der Waals surface area contributed by atoms with E-state index in [2.05, 4.69) is 27.8 Å². The van der Waals surface area contributed by atoms with Crippen molar-refractivity contribution in [1.29, 1.82) is 0 Å². The van der Waals surface area contributed by atoms with Gasteiger partial charge in [0, 0.05) is 30.7 Å². The van der Waals surface area contributed by atoms with Crippen molar-refractivity contribution in [3.8, 4) is 17.6 Å². The molecule has 0 radical (unpaired) electrons. The second kappa shape index (κ2) is 10.3. The Hall–Kier alpha value is -2.38. The topological polar surface area (TPSA) is 87.2 Å². The Morgan fingerprint density at radius 2 is 1.84 bits per heavy atom. The van der Waals surface area contributed by atoms with E-state index in [0.29, 0.717) is 18.8 Å². The van der Waals surface area contributed by atoms with Crippen molar-refractivity contribution in [2.24, 2.45) is 0 Å². The summed E-state index contributed by atoms with van der Waals surface area (Å²) in [5, 5.41) is 9.73. The Labute approximate surface area is 190 Å². The highest BCUT2D eigenvalue weighted by Gasteiger charge is 2.40. The van der Waals surface area contributed by atoms with E-state index >= 15 is 0 Å². The minimum absolute atomic E-state index is 0.0361. The predicted octanol–water partition coefficient (Wildman–Crippen LogP) is 2.81. The number of carboxylic acid groups (broad SMARTS) is 1. The number of benzene rings is 2. The van der Waals surface area contributed by atoms with E-state index in [0.717, 1.165) is 14.3 Å². The third-order valence-electron chi connectivity index (χ3n) is 4.94. The van der Waals surface area contributed by atoms with Crippen LogP contribution in [0, 0.1) is 11.8 Å². The minimum atomic E-state index is -3.96. The number of hydrogen-bond acceptors (Lipinski definition) is 5. The maximum Gasteiger partial charge on any atom is 0.323 e. The van der Waals surface area contributed by atoms with Gasteiger partial charge >= 0.3 is 5.97 Å². The molecule has 1 unspecified atom stereocenters. The summed E-state index contributed by atoms with van der Waals surface area (Å²) in [5.74, 6) is 4.81. The van der Waals surface area contributed by atoms with E-state index in [-0.39, 0.29) is 24.6 Å². The molecular weight excluding hydrogens is 484 g/mol. The van der Waals surface area contributed by atoms with Gasteiger partial charge in [0.25, 0.3) is 0 Å². The lowest BCUT2D eigenvalue weighted by atomic mass is 10.1. The first-order chi connectivity index (χ1) is 14.8. The van der Waals surface area contributed by atoms with Crippen LogP contribution in [0.1, 0.15) is 12.5 Å². The van der Waals surface area contributed by atoms with Gasteiger partial charge in [-0.15, -0.1) is 5.92 Å². The summed E-state index contributed by atoms with van der Waals surface area (Å²) in [4.78, 5) is 13.9. The molecule has 7 nitrogen and oxygen atoms in total. The molecular formula is C22H23BrN2O5S. The van der Waals surface area contributed by atoms with Crippen molar-refractivity contribution in [3.05, 3.63) is 58.6 Å². The standard InChI is InChI=1S/C22H23BrN2O5S/c1-2-3-14-30-19-8-10-20(11-9-19)31(28,29)25-13-12-24(16-21(25)22(26)27)15-17-4-6-18(23)7-5-17/h4-11,21H,12-16H2,1H3,(H,26,27). The first-order valence-corrected chi connectivity index (χ1v) is 11.9. The monoisotopic (exact) mass is 506 g/mol. The first-order valence-electron chi connectivity index (χ1n) is 9.65. The summed E-state index contributed by atoms with van der Waals surface area (Å²) in [6.07, 6.45) is 0. The summed E-state index contributed by atoms with van der Waals surface area (Å²) in [6.45, 7) is 3.12. The van der Waals surface area contributed by atoms with E-state index in [1.807, 2.05) is 29.2 Å². The van der Waals surface area contributed by atoms with Crippen LogP contribution >= 0.6 is 15.9 Å². The second-order valence-corrected chi connectivity index (χ2v) is 9.82. The average Bonchev–Trinajstić information content (AvgIpc) is 2.76. The lowest BCUT2D eigenvalue weighted by Gasteiger charge is -2.38. The van der Waals surface area contributed by atoms with Gasteiger partial charge in [-0.3, -0.25) is 9.69 Å². The molecule has 1 N–H and O–H groups in total. The number of carbonyl (C=O) groups is 1. The fraction of sp³-hybridized carbons (Fsp3) is 0.318. The molecule has 3 rings (SSSR count). The van der Waals surface area contributed by atoms with Crippen molar-refractivity contribution in [2.45, 2.75) is 24.4 Å². The molecule has 1 aliphatic heterocycles.